The van der Waals surface area contributed by atoms with Crippen molar-refractivity contribution in [1.29, 1.82) is 0 Å². The number of nitrogens with zero attached hydrogens (tertiary/aromatic N) is 2. The van der Waals surface area contributed by atoms with Crippen LogP contribution in [0.25, 0.3) is 0 Å². The van der Waals surface area contributed by atoms with E-state index in [1.54, 1.807) is 6.20 Å². The van der Waals surface area contributed by atoms with E-state index in [2.05, 4.69) is 20.5 Å². The number of urea groups is 1. The second-order valence-corrected chi connectivity index (χ2v) is 8.68. The van der Waals surface area contributed by atoms with Crippen LogP contribution in [0.1, 0.15) is 12.8 Å². The van der Waals surface area contributed by atoms with Crippen molar-refractivity contribution < 1.29 is 17.9 Å². The topological polar surface area (TPSA) is 101 Å². The number of carbonyl (C=O) groups excluding carboxylic acids is 1. The number of carbonyl (C=O) groups is 1. The maximum Gasteiger partial charge on any atom is 0.315 e. The van der Waals surface area contributed by atoms with Crippen molar-refractivity contribution in [3.63, 3.8) is 0 Å². The first-order chi connectivity index (χ1) is 12.0. The van der Waals surface area contributed by atoms with Gasteiger partial charge in [0, 0.05) is 32.4 Å². The SMILES string of the molecule is COC1CS(=O)(=O)CC1NC(=O)NC1CCN(c2ccccn2)CC1. The number of amides is 2. The van der Waals surface area contributed by atoms with Gasteiger partial charge in [-0.1, -0.05) is 6.07 Å². The molecule has 3 heterocycles. The highest BCUT2D eigenvalue weighted by Gasteiger charge is 2.39. The number of anilines is 1. The van der Waals surface area contributed by atoms with Crippen LogP contribution in [-0.4, -0.2) is 69.3 Å². The van der Waals surface area contributed by atoms with E-state index >= 15 is 0 Å². The monoisotopic (exact) mass is 368 g/mol. The lowest BCUT2D eigenvalue weighted by Crippen LogP contribution is -2.52. The molecule has 0 aromatic carbocycles. The van der Waals surface area contributed by atoms with Crippen LogP contribution in [0.4, 0.5) is 10.6 Å². The fraction of sp³-hybridized carbons (Fsp3) is 0.625. The molecular weight excluding hydrogens is 344 g/mol. The predicted octanol–water partition coefficient (Wildman–Crippen LogP) is 0.162. The van der Waals surface area contributed by atoms with Gasteiger partial charge in [0.05, 0.1) is 23.7 Å². The molecule has 0 radical (unpaired) electrons. The van der Waals surface area contributed by atoms with Crippen LogP contribution in [0.3, 0.4) is 0 Å². The van der Waals surface area contributed by atoms with Crippen molar-refractivity contribution in [2.75, 3.05) is 36.6 Å². The third-order valence-electron chi connectivity index (χ3n) is 4.72. The molecule has 8 nitrogen and oxygen atoms in total. The van der Waals surface area contributed by atoms with Gasteiger partial charge in [0.1, 0.15) is 5.82 Å². The first kappa shape index (κ1) is 17.9. The molecular formula is C16H24N4O4S. The number of hydrogen-bond acceptors (Lipinski definition) is 6. The maximum atomic E-state index is 12.2. The summed E-state index contributed by atoms with van der Waals surface area (Å²) in [5.74, 6) is 0.832. The first-order valence-corrected chi connectivity index (χ1v) is 10.3. The second kappa shape index (κ2) is 7.57. The average molecular weight is 368 g/mol. The lowest BCUT2D eigenvalue weighted by atomic mass is 10.1. The molecule has 9 heteroatoms. The lowest BCUT2D eigenvalue weighted by Gasteiger charge is -2.33. The summed E-state index contributed by atoms with van der Waals surface area (Å²) in [5, 5.41) is 5.69. The Hall–Kier alpha value is -1.87. The molecule has 2 aliphatic rings. The quantitative estimate of drug-likeness (QED) is 0.785. The molecule has 0 aliphatic carbocycles. The van der Waals surface area contributed by atoms with Crippen LogP contribution >= 0.6 is 0 Å². The van der Waals surface area contributed by atoms with Gasteiger partial charge in [-0.3, -0.25) is 0 Å². The van der Waals surface area contributed by atoms with Crippen molar-refractivity contribution in [2.24, 2.45) is 0 Å². The van der Waals surface area contributed by atoms with Crippen LogP contribution < -0.4 is 15.5 Å². The number of piperidine rings is 1. The Morgan fingerprint density at radius 2 is 2.00 bits per heavy atom. The number of hydrogen-bond donors (Lipinski definition) is 2. The fourth-order valence-corrected chi connectivity index (χ4v) is 5.22. The Morgan fingerprint density at radius 1 is 1.24 bits per heavy atom. The molecule has 2 unspecified atom stereocenters. The Bertz CT molecular complexity index is 689. The lowest BCUT2D eigenvalue weighted by molar-refractivity contribution is 0.101. The van der Waals surface area contributed by atoms with E-state index in [0.29, 0.717) is 0 Å². The highest BCUT2D eigenvalue weighted by Crippen LogP contribution is 2.18. The zero-order valence-corrected chi connectivity index (χ0v) is 15.0. The molecule has 1 aromatic heterocycles. The molecule has 2 aliphatic heterocycles. The van der Waals surface area contributed by atoms with Crippen LogP contribution in [-0.2, 0) is 14.6 Å². The normalized spacial score (nSPS) is 26.4. The number of methoxy groups -OCH3 is 1. The van der Waals surface area contributed by atoms with Gasteiger partial charge in [-0.15, -0.1) is 0 Å². The summed E-state index contributed by atoms with van der Waals surface area (Å²) in [5.41, 5.74) is 0. The highest BCUT2D eigenvalue weighted by atomic mass is 32.2. The van der Waals surface area contributed by atoms with Crippen LogP contribution in [0.2, 0.25) is 0 Å². The third-order valence-corrected chi connectivity index (χ3v) is 6.43. The summed E-state index contributed by atoms with van der Waals surface area (Å²) in [6.45, 7) is 1.64. The molecule has 0 bridgehead atoms. The Labute approximate surface area is 147 Å². The number of rotatable bonds is 4. The minimum atomic E-state index is -3.15. The van der Waals surface area contributed by atoms with Gasteiger partial charge in [-0.25, -0.2) is 18.2 Å². The van der Waals surface area contributed by atoms with Gasteiger partial charge in [0.2, 0.25) is 0 Å². The van der Waals surface area contributed by atoms with E-state index in [-0.39, 0.29) is 23.6 Å². The Kier molecular flexibility index (Phi) is 5.43. The van der Waals surface area contributed by atoms with Crippen molar-refractivity contribution in [1.82, 2.24) is 15.6 Å². The minimum absolute atomic E-state index is 0.0447. The standard InChI is InChI=1S/C16H24N4O4S/c1-24-14-11-25(22,23)10-13(14)19-16(21)18-12-5-8-20(9-6-12)15-4-2-3-7-17-15/h2-4,7,12-14H,5-6,8-11H2,1H3,(H2,18,19,21). The van der Waals surface area contributed by atoms with Crippen molar-refractivity contribution >= 4 is 21.7 Å². The number of sulfone groups is 1. The van der Waals surface area contributed by atoms with Gasteiger partial charge < -0.3 is 20.3 Å². The summed E-state index contributed by atoms with van der Waals surface area (Å²) in [6.07, 6.45) is 2.93. The van der Waals surface area contributed by atoms with Gasteiger partial charge in [0.15, 0.2) is 9.84 Å². The molecule has 2 amide bonds. The summed E-state index contributed by atoms with van der Waals surface area (Å²) in [4.78, 5) is 18.7. The van der Waals surface area contributed by atoms with Crippen molar-refractivity contribution in [3.8, 4) is 0 Å². The summed E-state index contributed by atoms with van der Waals surface area (Å²) in [6, 6.07) is 5.06. The van der Waals surface area contributed by atoms with Crippen LogP contribution in [0.5, 0.6) is 0 Å². The van der Waals surface area contributed by atoms with E-state index in [9.17, 15) is 13.2 Å². The van der Waals surface area contributed by atoms with Crippen LogP contribution in [0, 0.1) is 0 Å². The molecule has 2 N–H and O–H groups in total. The molecule has 2 saturated heterocycles. The van der Waals surface area contributed by atoms with E-state index in [1.165, 1.54) is 7.11 Å². The smallest absolute Gasteiger partial charge is 0.315 e. The van der Waals surface area contributed by atoms with Crippen molar-refractivity contribution in [3.05, 3.63) is 24.4 Å². The fourth-order valence-electron chi connectivity index (χ4n) is 3.37. The van der Waals surface area contributed by atoms with Crippen molar-refractivity contribution in [2.45, 2.75) is 31.0 Å². The molecule has 3 rings (SSSR count). The van der Waals surface area contributed by atoms with E-state index in [0.717, 1.165) is 31.7 Å². The van der Waals surface area contributed by atoms with E-state index in [1.807, 2.05) is 18.2 Å². The number of nitrogens with one attached hydrogen (secondary N) is 2. The minimum Gasteiger partial charge on any atom is -0.378 e. The molecule has 2 fully saturated rings. The van der Waals surface area contributed by atoms with Gasteiger partial charge >= 0.3 is 6.03 Å². The van der Waals surface area contributed by atoms with Gasteiger partial charge in [0.25, 0.3) is 0 Å². The summed E-state index contributed by atoms with van der Waals surface area (Å²) < 4.78 is 28.6. The van der Waals surface area contributed by atoms with Gasteiger partial charge in [-0.05, 0) is 25.0 Å². The summed E-state index contributed by atoms with van der Waals surface area (Å²) in [7, 11) is -1.69. The molecule has 138 valence electrons. The maximum absolute atomic E-state index is 12.2. The third kappa shape index (κ3) is 4.60. The van der Waals surface area contributed by atoms with Crippen LogP contribution in [0.15, 0.2) is 24.4 Å². The number of aromatic nitrogens is 1. The molecule has 0 saturated carbocycles. The number of pyridine rings is 1. The van der Waals surface area contributed by atoms with E-state index < -0.39 is 22.0 Å². The predicted molar refractivity (Wildman–Crippen MR) is 94.4 cm³/mol. The zero-order valence-electron chi connectivity index (χ0n) is 14.2. The largest absolute Gasteiger partial charge is 0.378 e. The van der Waals surface area contributed by atoms with E-state index in [4.69, 9.17) is 4.74 Å². The number of ether oxygens (including phenoxy) is 1. The Balaban J connectivity index is 1.47. The summed E-state index contributed by atoms with van der Waals surface area (Å²) >= 11 is 0. The molecule has 2 atom stereocenters. The molecule has 1 aromatic rings. The highest BCUT2D eigenvalue weighted by molar-refractivity contribution is 7.91. The Morgan fingerprint density at radius 3 is 2.64 bits per heavy atom. The molecule has 0 spiro atoms. The zero-order chi connectivity index (χ0) is 17.9. The first-order valence-electron chi connectivity index (χ1n) is 8.43. The van der Waals surface area contributed by atoms with Gasteiger partial charge in [-0.2, -0.15) is 0 Å². The molecule has 25 heavy (non-hydrogen) atoms. The average Bonchev–Trinajstić information content (AvgIpc) is 2.89. The second-order valence-electron chi connectivity index (χ2n) is 6.52.